The Balaban J connectivity index is 3.55. The summed E-state index contributed by atoms with van der Waals surface area (Å²) in [5.41, 5.74) is 8.80. The third kappa shape index (κ3) is 5.85. The van der Waals surface area contributed by atoms with Crippen molar-refractivity contribution in [3.63, 3.8) is 0 Å². The zero-order valence-electron chi connectivity index (χ0n) is 14.1. The van der Waals surface area contributed by atoms with Crippen LogP contribution in [-0.4, -0.2) is 28.7 Å². The Morgan fingerprint density at radius 1 is 0.727 bits per heavy atom. The highest BCUT2D eigenvalue weighted by Crippen LogP contribution is 2.15. The second kappa shape index (κ2) is 6.92. The molecule has 0 radical (unpaired) electrons. The highest BCUT2D eigenvalue weighted by Gasteiger charge is 2.11. The molecule has 1 rings (SSSR count). The number of carbonyl (C=O) groups is 2. The van der Waals surface area contributed by atoms with Crippen molar-refractivity contribution >= 4 is 28.7 Å². The fraction of sp³-hybridized carbons (Fsp3) is 0.333. The van der Waals surface area contributed by atoms with E-state index in [0.29, 0.717) is 23.7 Å². The lowest BCUT2D eigenvalue weighted by Gasteiger charge is -2.07. The molecular formula is C18H22O2Si2. The van der Waals surface area contributed by atoms with Crippen LogP contribution in [0.15, 0.2) is 12.1 Å². The Kier molecular flexibility index (Phi) is 5.71. The molecule has 0 aliphatic carbocycles. The van der Waals surface area contributed by atoms with E-state index in [1.54, 1.807) is 12.1 Å². The van der Waals surface area contributed by atoms with Gasteiger partial charge in [-0.15, -0.1) is 11.1 Å². The number of benzene rings is 1. The van der Waals surface area contributed by atoms with E-state index in [4.69, 9.17) is 0 Å². The van der Waals surface area contributed by atoms with Crippen LogP contribution in [0.2, 0.25) is 39.3 Å². The van der Waals surface area contributed by atoms with Gasteiger partial charge in [0.2, 0.25) is 0 Å². The van der Waals surface area contributed by atoms with Gasteiger partial charge < -0.3 is 0 Å². The highest BCUT2D eigenvalue weighted by atomic mass is 28.3. The summed E-state index contributed by atoms with van der Waals surface area (Å²) in [5, 5.41) is 0. The molecule has 114 valence electrons. The maximum absolute atomic E-state index is 11.1. The van der Waals surface area contributed by atoms with E-state index in [2.05, 4.69) is 62.2 Å². The van der Waals surface area contributed by atoms with Gasteiger partial charge in [-0.1, -0.05) is 51.1 Å². The van der Waals surface area contributed by atoms with Crippen LogP contribution in [0.4, 0.5) is 0 Å². The van der Waals surface area contributed by atoms with Crippen molar-refractivity contribution < 1.29 is 9.59 Å². The summed E-state index contributed by atoms with van der Waals surface area (Å²) < 4.78 is 0. The predicted octanol–water partition coefficient (Wildman–Crippen LogP) is 3.77. The summed E-state index contributed by atoms with van der Waals surface area (Å²) in [5.74, 6) is 6.33. The van der Waals surface area contributed by atoms with Crippen molar-refractivity contribution in [1.82, 2.24) is 0 Å². The molecule has 0 saturated heterocycles. The van der Waals surface area contributed by atoms with Gasteiger partial charge in [0.1, 0.15) is 16.1 Å². The van der Waals surface area contributed by atoms with Crippen LogP contribution in [0.5, 0.6) is 0 Å². The first-order valence-electron chi connectivity index (χ1n) is 7.20. The van der Waals surface area contributed by atoms with Gasteiger partial charge in [0.25, 0.3) is 0 Å². The molecule has 2 nitrogen and oxygen atoms in total. The van der Waals surface area contributed by atoms with Gasteiger partial charge in [-0.05, 0) is 12.1 Å². The van der Waals surface area contributed by atoms with Crippen molar-refractivity contribution in [3.05, 3.63) is 34.4 Å². The summed E-state index contributed by atoms with van der Waals surface area (Å²) >= 11 is 0. The third-order valence-electron chi connectivity index (χ3n) is 2.62. The van der Waals surface area contributed by atoms with Gasteiger partial charge in [0, 0.05) is 22.3 Å². The van der Waals surface area contributed by atoms with Crippen LogP contribution in [0.1, 0.15) is 31.8 Å². The normalized spacial score (nSPS) is 10.8. The monoisotopic (exact) mass is 326 g/mol. The Morgan fingerprint density at radius 2 is 1.05 bits per heavy atom. The molecule has 0 spiro atoms. The highest BCUT2D eigenvalue weighted by molar-refractivity contribution is 6.84. The summed E-state index contributed by atoms with van der Waals surface area (Å²) in [7, 11) is -3.06. The van der Waals surface area contributed by atoms with Crippen LogP contribution >= 0.6 is 0 Å². The molecule has 0 N–H and O–H groups in total. The SMILES string of the molecule is C[Si](C)(C)C#Cc1cc(C=O)c(C=O)cc1C#C[Si](C)(C)C. The molecule has 0 atom stereocenters. The molecule has 0 bridgehead atoms. The predicted molar refractivity (Wildman–Crippen MR) is 97.7 cm³/mol. The topological polar surface area (TPSA) is 34.1 Å². The van der Waals surface area contributed by atoms with Crippen molar-refractivity contribution in [2.24, 2.45) is 0 Å². The first-order valence-corrected chi connectivity index (χ1v) is 14.2. The number of hydrogen-bond donors (Lipinski definition) is 0. The Hall–Kier alpha value is -1.89. The molecule has 1 aromatic rings. The van der Waals surface area contributed by atoms with E-state index in [-0.39, 0.29) is 0 Å². The summed E-state index contributed by atoms with van der Waals surface area (Å²) in [6.45, 7) is 13.0. The average Bonchev–Trinajstić information content (AvgIpc) is 2.40. The minimum Gasteiger partial charge on any atom is -0.298 e. The van der Waals surface area contributed by atoms with Crippen LogP contribution in [0.25, 0.3) is 0 Å². The summed E-state index contributed by atoms with van der Waals surface area (Å²) in [4.78, 5) is 22.3. The maximum Gasteiger partial charge on any atom is 0.150 e. The molecule has 0 aromatic heterocycles. The Labute approximate surface area is 135 Å². The Morgan fingerprint density at radius 3 is 1.27 bits per heavy atom. The number of carbonyl (C=O) groups excluding carboxylic acids is 2. The fourth-order valence-corrected chi connectivity index (χ4v) is 2.57. The number of hydrogen-bond acceptors (Lipinski definition) is 2. The molecule has 0 amide bonds. The maximum atomic E-state index is 11.1. The molecule has 0 aliphatic heterocycles. The number of rotatable bonds is 2. The van der Waals surface area contributed by atoms with E-state index in [0.717, 1.165) is 11.1 Å². The zero-order chi connectivity index (χ0) is 17.0. The minimum absolute atomic E-state index is 0.369. The van der Waals surface area contributed by atoms with Crippen LogP contribution in [0, 0.1) is 22.9 Å². The average molecular weight is 327 g/mol. The zero-order valence-corrected chi connectivity index (χ0v) is 16.1. The molecule has 0 fully saturated rings. The van der Waals surface area contributed by atoms with Crippen LogP contribution < -0.4 is 0 Å². The fourth-order valence-electron chi connectivity index (χ4n) is 1.55. The van der Waals surface area contributed by atoms with E-state index in [1.807, 2.05) is 0 Å². The second-order valence-corrected chi connectivity index (χ2v) is 16.8. The minimum atomic E-state index is -1.53. The van der Waals surface area contributed by atoms with Crippen molar-refractivity contribution in [2.45, 2.75) is 39.3 Å². The molecule has 22 heavy (non-hydrogen) atoms. The standard InChI is InChI=1S/C18H22O2Si2/c1-21(2,3)9-7-15-11-17(13-19)18(14-20)12-16(15)8-10-22(4,5)6/h11-14H,1-6H3. The van der Waals surface area contributed by atoms with Crippen molar-refractivity contribution in [1.29, 1.82) is 0 Å². The van der Waals surface area contributed by atoms with E-state index in [1.165, 1.54) is 0 Å². The van der Waals surface area contributed by atoms with Gasteiger partial charge in [-0.2, -0.15) is 0 Å². The summed E-state index contributed by atoms with van der Waals surface area (Å²) in [6.07, 6.45) is 1.39. The molecular weight excluding hydrogens is 304 g/mol. The van der Waals surface area contributed by atoms with Gasteiger partial charge in [-0.3, -0.25) is 9.59 Å². The van der Waals surface area contributed by atoms with Gasteiger partial charge in [-0.25, -0.2) is 0 Å². The van der Waals surface area contributed by atoms with Crippen LogP contribution in [-0.2, 0) is 0 Å². The second-order valence-electron chi connectivity index (χ2n) is 7.26. The van der Waals surface area contributed by atoms with Gasteiger partial charge in [0.05, 0.1) is 0 Å². The van der Waals surface area contributed by atoms with E-state index < -0.39 is 16.1 Å². The molecule has 0 unspecified atom stereocenters. The first kappa shape index (κ1) is 18.2. The van der Waals surface area contributed by atoms with E-state index >= 15 is 0 Å². The van der Waals surface area contributed by atoms with Crippen LogP contribution in [0.3, 0.4) is 0 Å². The molecule has 1 aromatic carbocycles. The molecule has 0 aliphatic rings. The van der Waals surface area contributed by atoms with E-state index in [9.17, 15) is 9.59 Å². The summed E-state index contributed by atoms with van der Waals surface area (Å²) in [6, 6.07) is 3.36. The smallest absolute Gasteiger partial charge is 0.150 e. The molecule has 0 saturated carbocycles. The first-order chi connectivity index (χ1) is 10.1. The van der Waals surface area contributed by atoms with Crippen molar-refractivity contribution in [3.8, 4) is 22.9 Å². The molecule has 0 heterocycles. The quantitative estimate of drug-likeness (QED) is 0.471. The molecule has 4 heteroatoms. The largest absolute Gasteiger partial charge is 0.298 e. The lowest BCUT2D eigenvalue weighted by Crippen LogP contribution is -2.17. The van der Waals surface area contributed by atoms with Gasteiger partial charge >= 0.3 is 0 Å². The Bertz CT molecular complexity index is 649. The van der Waals surface area contributed by atoms with Gasteiger partial charge in [0.15, 0.2) is 12.6 Å². The third-order valence-corrected chi connectivity index (χ3v) is 4.37. The lowest BCUT2D eigenvalue weighted by atomic mass is 10.0. The van der Waals surface area contributed by atoms with Crippen molar-refractivity contribution in [2.75, 3.05) is 0 Å². The number of aldehydes is 2. The lowest BCUT2D eigenvalue weighted by molar-refractivity contribution is 0.109.